The lowest BCUT2D eigenvalue weighted by Gasteiger charge is -2.23. The highest BCUT2D eigenvalue weighted by atomic mass is 16.5. The van der Waals surface area contributed by atoms with Crippen molar-refractivity contribution < 1.29 is 20.1 Å². The molecular weight excluding hydrogens is 172 g/mol. The van der Waals surface area contributed by atoms with Gasteiger partial charge in [-0.2, -0.15) is 0 Å². The summed E-state index contributed by atoms with van der Waals surface area (Å²) in [5.41, 5.74) is -1.09. The molecule has 0 saturated carbocycles. The second-order valence-electron chi connectivity index (χ2n) is 2.91. The molecule has 4 heteroatoms. The molecule has 0 rings (SSSR count). The molecule has 0 heterocycles. The average Bonchev–Trinajstić information content (AvgIpc) is 2.15. The number of ether oxygens (including phenoxy) is 1. The molecule has 3 N–H and O–H groups in total. The minimum atomic E-state index is -1.09. The minimum Gasteiger partial charge on any atom is -0.396 e. The van der Waals surface area contributed by atoms with Gasteiger partial charge in [-0.15, -0.1) is 6.58 Å². The minimum absolute atomic E-state index is 0.0378. The van der Waals surface area contributed by atoms with Crippen LogP contribution in [0.3, 0.4) is 0 Å². The largest absolute Gasteiger partial charge is 0.396 e. The first-order valence-corrected chi connectivity index (χ1v) is 4.34. The van der Waals surface area contributed by atoms with E-state index in [9.17, 15) is 5.11 Å². The van der Waals surface area contributed by atoms with Gasteiger partial charge in [0.15, 0.2) is 0 Å². The van der Waals surface area contributed by atoms with Gasteiger partial charge in [0.25, 0.3) is 0 Å². The van der Waals surface area contributed by atoms with Crippen LogP contribution in [0.25, 0.3) is 0 Å². The molecule has 0 aromatic carbocycles. The van der Waals surface area contributed by atoms with E-state index >= 15 is 0 Å². The number of hydrogen-bond donors (Lipinski definition) is 3. The number of aliphatic hydroxyl groups is 3. The Morgan fingerprint density at radius 2 is 2.00 bits per heavy atom. The van der Waals surface area contributed by atoms with Crippen molar-refractivity contribution in [1.82, 2.24) is 0 Å². The Kier molecular flexibility index (Phi) is 6.80. The fourth-order valence-corrected chi connectivity index (χ4v) is 0.932. The molecule has 0 aromatic heterocycles. The molecule has 0 fully saturated rings. The maximum Gasteiger partial charge on any atom is 0.106 e. The summed E-state index contributed by atoms with van der Waals surface area (Å²) < 4.78 is 4.98. The van der Waals surface area contributed by atoms with E-state index in [1.54, 1.807) is 0 Å². The molecule has 4 nitrogen and oxygen atoms in total. The summed E-state index contributed by atoms with van der Waals surface area (Å²) in [4.78, 5) is 0. The quantitative estimate of drug-likeness (QED) is 0.362. The van der Waals surface area contributed by atoms with Crippen LogP contribution in [0.1, 0.15) is 12.8 Å². The topological polar surface area (TPSA) is 69.9 Å². The standard InChI is InChI=1S/C9H18O4/c1-2-9(12,4-3-5-10)8-13-7-6-11/h2,10-12H,1,3-8H2. The Morgan fingerprint density at radius 3 is 2.46 bits per heavy atom. The molecule has 0 bridgehead atoms. The predicted molar refractivity (Wildman–Crippen MR) is 49.4 cm³/mol. The molecule has 1 atom stereocenters. The highest BCUT2D eigenvalue weighted by molar-refractivity contribution is 4.95. The molecule has 0 amide bonds. The van der Waals surface area contributed by atoms with Gasteiger partial charge >= 0.3 is 0 Å². The summed E-state index contributed by atoms with van der Waals surface area (Å²) >= 11 is 0. The molecule has 0 aliphatic heterocycles. The normalized spacial score (nSPS) is 15.3. The van der Waals surface area contributed by atoms with E-state index in [0.717, 1.165) is 0 Å². The zero-order valence-corrected chi connectivity index (χ0v) is 7.78. The Labute approximate surface area is 78.5 Å². The Hall–Kier alpha value is -0.420. The molecule has 0 aliphatic carbocycles. The molecule has 78 valence electrons. The first-order valence-electron chi connectivity index (χ1n) is 4.34. The van der Waals surface area contributed by atoms with E-state index in [0.29, 0.717) is 12.8 Å². The highest BCUT2D eigenvalue weighted by Crippen LogP contribution is 2.14. The lowest BCUT2D eigenvalue weighted by molar-refractivity contribution is -0.0293. The molecule has 0 aromatic rings. The molecule has 0 radical (unpaired) electrons. The lowest BCUT2D eigenvalue weighted by Crippen LogP contribution is -2.32. The molecule has 1 unspecified atom stereocenters. The van der Waals surface area contributed by atoms with Gasteiger partial charge in [0.1, 0.15) is 5.60 Å². The Morgan fingerprint density at radius 1 is 1.31 bits per heavy atom. The summed E-state index contributed by atoms with van der Waals surface area (Å²) in [6.45, 7) is 3.78. The molecule has 0 spiro atoms. The molecule has 0 saturated heterocycles. The lowest BCUT2D eigenvalue weighted by atomic mass is 9.99. The second-order valence-corrected chi connectivity index (χ2v) is 2.91. The van der Waals surface area contributed by atoms with Crippen molar-refractivity contribution in [3.05, 3.63) is 12.7 Å². The first kappa shape index (κ1) is 12.6. The Bertz CT molecular complexity index is 138. The third-order valence-electron chi connectivity index (χ3n) is 1.74. The fourth-order valence-electron chi connectivity index (χ4n) is 0.932. The van der Waals surface area contributed by atoms with Gasteiger partial charge in [0.05, 0.1) is 19.8 Å². The van der Waals surface area contributed by atoms with Crippen LogP contribution in [0, 0.1) is 0 Å². The van der Waals surface area contributed by atoms with Crippen LogP contribution in [0.2, 0.25) is 0 Å². The van der Waals surface area contributed by atoms with Crippen molar-refractivity contribution in [1.29, 1.82) is 0 Å². The maximum atomic E-state index is 9.74. The van der Waals surface area contributed by atoms with Gasteiger partial charge < -0.3 is 20.1 Å². The summed E-state index contributed by atoms with van der Waals surface area (Å²) in [5, 5.41) is 26.8. The van der Waals surface area contributed by atoms with Gasteiger partial charge in [0.2, 0.25) is 0 Å². The van der Waals surface area contributed by atoms with E-state index in [1.807, 2.05) is 0 Å². The van der Waals surface area contributed by atoms with Crippen LogP contribution in [-0.2, 0) is 4.74 Å². The van der Waals surface area contributed by atoms with Crippen LogP contribution in [-0.4, -0.2) is 47.3 Å². The number of hydrogen-bond acceptors (Lipinski definition) is 4. The SMILES string of the molecule is C=CC(O)(CCCO)COCCO. The van der Waals surface area contributed by atoms with Crippen LogP contribution < -0.4 is 0 Å². The van der Waals surface area contributed by atoms with E-state index in [2.05, 4.69) is 6.58 Å². The van der Waals surface area contributed by atoms with Crippen molar-refractivity contribution in [2.75, 3.05) is 26.4 Å². The second kappa shape index (κ2) is 7.03. The summed E-state index contributed by atoms with van der Waals surface area (Å²) in [7, 11) is 0. The van der Waals surface area contributed by atoms with E-state index in [4.69, 9.17) is 14.9 Å². The van der Waals surface area contributed by atoms with Gasteiger partial charge in [0, 0.05) is 6.61 Å². The zero-order valence-electron chi connectivity index (χ0n) is 7.78. The third kappa shape index (κ3) is 5.76. The van der Waals surface area contributed by atoms with Crippen LogP contribution in [0.15, 0.2) is 12.7 Å². The van der Waals surface area contributed by atoms with Crippen LogP contribution in [0.5, 0.6) is 0 Å². The van der Waals surface area contributed by atoms with Gasteiger partial charge in [-0.3, -0.25) is 0 Å². The fraction of sp³-hybridized carbons (Fsp3) is 0.778. The van der Waals surface area contributed by atoms with Crippen molar-refractivity contribution in [3.63, 3.8) is 0 Å². The highest BCUT2D eigenvalue weighted by Gasteiger charge is 2.22. The smallest absolute Gasteiger partial charge is 0.106 e. The van der Waals surface area contributed by atoms with E-state index in [1.165, 1.54) is 6.08 Å². The molecule has 0 aliphatic rings. The monoisotopic (exact) mass is 190 g/mol. The van der Waals surface area contributed by atoms with Crippen LogP contribution in [0.4, 0.5) is 0 Å². The van der Waals surface area contributed by atoms with E-state index in [-0.39, 0.29) is 26.4 Å². The molecular formula is C9H18O4. The number of aliphatic hydroxyl groups excluding tert-OH is 2. The maximum absolute atomic E-state index is 9.74. The van der Waals surface area contributed by atoms with E-state index < -0.39 is 5.60 Å². The van der Waals surface area contributed by atoms with Crippen LogP contribution >= 0.6 is 0 Å². The van der Waals surface area contributed by atoms with Gasteiger partial charge in [-0.25, -0.2) is 0 Å². The van der Waals surface area contributed by atoms with Gasteiger partial charge in [-0.05, 0) is 12.8 Å². The van der Waals surface area contributed by atoms with Crippen molar-refractivity contribution >= 4 is 0 Å². The van der Waals surface area contributed by atoms with Crippen molar-refractivity contribution in [3.8, 4) is 0 Å². The summed E-state index contributed by atoms with van der Waals surface area (Å²) in [5.74, 6) is 0. The van der Waals surface area contributed by atoms with Gasteiger partial charge in [-0.1, -0.05) is 6.08 Å². The Balaban J connectivity index is 3.74. The predicted octanol–water partition coefficient (Wildman–Crippen LogP) is -0.315. The summed E-state index contributed by atoms with van der Waals surface area (Å²) in [6, 6.07) is 0. The number of rotatable bonds is 8. The summed E-state index contributed by atoms with van der Waals surface area (Å²) in [6.07, 6.45) is 2.32. The zero-order chi connectivity index (χ0) is 10.2. The van der Waals surface area contributed by atoms with Crippen molar-refractivity contribution in [2.45, 2.75) is 18.4 Å². The third-order valence-corrected chi connectivity index (χ3v) is 1.74. The molecule has 13 heavy (non-hydrogen) atoms. The first-order chi connectivity index (χ1) is 6.18. The van der Waals surface area contributed by atoms with Crippen molar-refractivity contribution in [2.24, 2.45) is 0 Å². The average molecular weight is 190 g/mol.